The van der Waals surface area contributed by atoms with Gasteiger partial charge in [0.2, 0.25) is 0 Å². The van der Waals surface area contributed by atoms with E-state index in [1.54, 1.807) is 0 Å². The molecule has 0 amide bonds. The number of benzene rings is 19. The number of hydrogen-bond acceptors (Lipinski definition) is 0. The Bertz CT molecular complexity index is 7960. The van der Waals surface area contributed by atoms with Gasteiger partial charge in [-0.15, -0.1) is 0 Å². The van der Waals surface area contributed by atoms with E-state index in [4.69, 9.17) is 0 Å². The Hall–Kier alpha value is -13.5. The molecule has 0 spiro atoms. The number of fused-ring (bicyclic) bond motifs is 24. The first-order valence-corrected chi connectivity index (χ1v) is 37.4. The summed E-state index contributed by atoms with van der Waals surface area (Å²) in [4.78, 5) is 0. The van der Waals surface area contributed by atoms with Crippen LogP contribution >= 0.6 is 0 Å². The summed E-state index contributed by atoms with van der Waals surface area (Å²) >= 11 is 0. The summed E-state index contributed by atoms with van der Waals surface area (Å²) in [7, 11) is 0. The van der Waals surface area contributed by atoms with Crippen molar-refractivity contribution in [2.45, 2.75) is 19.3 Å². The topological polar surface area (TPSA) is 4.93 Å². The largest absolute Gasteiger partial charge is 0.309 e. The van der Waals surface area contributed by atoms with Crippen molar-refractivity contribution in [3.63, 3.8) is 0 Å². The van der Waals surface area contributed by atoms with Crippen molar-refractivity contribution >= 4 is 173 Å². The first kappa shape index (κ1) is 57.1. The van der Waals surface area contributed by atoms with Crippen LogP contribution in [-0.2, 0) is 5.41 Å². The Morgan fingerprint density at radius 3 is 1.17 bits per heavy atom. The quantitative estimate of drug-likeness (QED) is 0.146. The maximum absolute atomic E-state index is 2.59. The van der Waals surface area contributed by atoms with Crippen molar-refractivity contribution in [1.29, 1.82) is 0 Å². The SMILES string of the molecule is CC1(C)c2ccccc2-c2cc3c4c(-c5ccccc5)c5c(cc6c7cccc(-c8ccc(-n9c%10ccccc%10c%10cc%11c%12c(-c%13ccccc%13)c%13c(cc%14c%15ccccc%15c%15cccc%13c%15%14)c(-c%13ccccc%13)c%12c%12cccc(c%12%11)c%109)cc8)c7c7cccc5c67)c(-c5ccccc5)c4c4cccc(c21)c43. The fraction of sp³-hybridized carbons (Fsp3) is 0.0286. The van der Waals surface area contributed by atoms with Gasteiger partial charge < -0.3 is 4.57 Å². The molecule has 0 atom stereocenters. The normalized spacial score (nSPS) is 13.3. The van der Waals surface area contributed by atoms with E-state index >= 15 is 0 Å². The fourth-order valence-corrected chi connectivity index (χ4v) is 21.3. The molecule has 0 N–H and O–H groups in total. The highest BCUT2D eigenvalue weighted by atomic mass is 15.0. The van der Waals surface area contributed by atoms with E-state index in [-0.39, 0.29) is 5.41 Å². The highest BCUT2D eigenvalue weighted by molar-refractivity contribution is 6.49. The van der Waals surface area contributed by atoms with Crippen LogP contribution in [0.1, 0.15) is 25.0 Å². The molecule has 1 nitrogen and oxygen atoms in total. The molecule has 0 saturated heterocycles. The van der Waals surface area contributed by atoms with E-state index in [2.05, 4.69) is 352 Å². The van der Waals surface area contributed by atoms with Crippen LogP contribution in [0, 0.1) is 0 Å². The summed E-state index contributed by atoms with van der Waals surface area (Å²) in [6.45, 7) is 4.86. The molecule has 0 saturated carbocycles. The number of para-hydroxylation sites is 1. The molecule has 0 bridgehead atoms. The molecule has 1 heterocycles. The maximum atomic E-state index is 2.59. The van der Waals surface area contributed by atoms with Crippen LogP contribution in [-0.4, -0.2) is 4.57 Å². The number of aromatic nitrogens is 1. The molecule has 106 heavy (non-hydrogen) atoms. The van der Waals surface area contributed by atoms with Gasteiger partial charge in [-0.25, -0.2) is 0 Å². The highest BCUT2D eigenvalue weighted by Crippen LogP contribution is 2.61. The smallest absolute Gasteiger partial charge is 0.0620 e. The molecule has 0 unspecified atom stereocenters. The van der Waals surface area contributed by atoms with Gasteiger partial charge in [-0.3, -0.25) is 0 Å². The average Bonchev–Trinajstić information content (AvgIpc) is 1.50. The van der Waals surface area contributed by atoms with E-state index in [9.17, 15) is 0 Å². The van der Waals surface area contributed by atoms with Crippen molar-refractivity contribution in [1.82, 2.24) is 4.57 Å². The van der Waals surface area contributed by atoms with Crippen molar-refractivity contribution in [2.24, 2.45) is 0 Å². The second kappa shape index (κ2) is 20.5. The zero-order chi connectivity index (χ0) is 69.1. The third-order valence-corrected chi connectivity index (χ3v) is 25.2. The Morgan fingerprint density at radius 1 is 0.198 bits per heavy atom. The lowest BCUT2D eigenvalue weighted by molar-refractivity contribution is 0.666. The maximum Gasteiger partial charge on any atom is 0.0620 e. The van der Waals surface area contributed by atoms with Gasteiger partial charge in [-0.1, -0.05) is 305 Å². The first-order valence-electron chi connectivity index (χ1n) is 37.4. The predicted octanol–water partition coefficient (Wildman–Crippen LogP) is 29.3. The van der Waals surface area contributed by atoms with Crippen LogP contribution in [0.4, 0.5) is 0 Å². The van der Waals surface area contributed by atoms with Crippen LogP contribution in [0.3, 0.4) is 0 Å². The monoisotopic (exact) mass is 1340 g/mol. The van der Waals surface area contributed by atoms with Crippen LogP contribution in [0.2, 0.25) is 0 Å². The minimum Gasteiger partial charge on any atom is -0.309 e. The minimum absolute atomic E-state index is 0.163. The molecule has 486 valence electrons. The summed E-state index contributed by atoms with van der Waals surface area (Å²) < 4.78 is 2.56. The summed E-state index contributed by atoms with van der Waals surface area (Å²) in [6, 6.07) is 128. The lowest BCUT2D eigenvalue weighted by atomic mass is 9.80. The second-order valence-electron chi connectivity index (χ2n) is 30.6. The summed E-state index contributed by atoms with van der Waals surface area (Å²) in [5.74, 6) is 0. The van der Waals surface area contributed by atoms with Gasteiger partial charge >= 0.3 is 0 Å². The van der Waals surface area contributed by atoms with Gasteiger partial charge in [0, 0.05) is 27.3 Å². The standard InChI is InChI=1S/C105H61N/c1-105(2)86-48-19-17-36-67(86)80-56-84-95-74(44-24-46-76(95)103(80)105)99-89(60-28-9-4-10-29-60)83-55-79-70-40-21-38-64(92(70)71-41-23-43-73(94(71)79)98(83)91(101(84)99)62-32-13-6-14-33-62)58-50-52-63(53-51-58)106-87-49-20-18-37-68(87)81-57-85-96-75(45-25-47-77(96)104(81)106)100-88(59-26-7-3-8-27-59)82-54-78-66-35-16-15-34-65(66)69-39-22-42-72(93(69)78)97(82)90(102(85)100)61-30-11-5-12-31-61/h3-57H,1-2H3. The van der Waals surface area contributed by atoms with Gasteiger partial charge in [-0.2, -0.15) is 0 Å². The van der Waals surface area contributed by atoms with Crippen LogP contribution in [0.25, 0.3) is 245 Å². The van der Waals surface area contributed by atoms with Crippen molar-refractivity contribution in [3.8, 4) is 72.4 Å². The van der Waals surface area contributed by atoms with Crippen molar-refractivity contribution in [3.05, 3.63) is 345 Å². The molecular formula is C105H61N. The first-order chi connectivity index (χ1) is 52.4. The number of nitrogens with zero attached hydrogens (tertiary/aromatic N) is 1. The van der Waals surface area contributed by atoms with Crippen LogP contribution in [0.15, 0.2) is 334 Å². The molecule has 1 heteroatoms. The summed E-state index contributed by atoms with van der Waals surface area (Å²) in [5, 5.41) is 39.0. The molecule has 1 aromatic heterocycles. The summed E-state index contributed by atoms with van der Waals surface area (Å²) in [5.41, 5.74) is 21.4. The lowest BCUT2D eigenvalue weighted by Gasteiger charge is -2.23. The highest BCUT2D eigenvalue weighted by Gasteiger charge is 2.39. The minimum atomic E-state index is -0.163. The molecular weight excluding hydrogens is 1280 g/mol. The van der Waals surface area contributed by atoms with E-state index in [1.807, 2.05) is 0 Å². The summed E-state index contributed by atoms with van der Waals surface area (Å²) in [6.07, 6.45) is 0. The molecule has 0 aliphatic heterocycles. The molecule has 24 aromatic rings. The average molecular weight is 1340 g/mol. The van der Waals surface area contributed by atoms with Gasteiger partial charge in [0.15, 0.2) is 0 Å². The fourth-order valence-electron chi connectivity index (χ4n) is 21.3. The number of hydrogen-bond donors (Lipinski definition) is 0. The third-order valence-electron chi connectivity index (χ3n) is 25.2. The van der Waals surface area contributed by atoms with Gasteiger partial charge in [0.25, 0.3) is 0 Å². The second-order valence-corrected chi connectivity index (χ2v) is 30.6. The zero-order valence-corrected chi connectivity index (χ0v) is 58.2. The molecule has 25 rings (SSSR count). The predicted molar refractivity (Wildman–Crippen MR) is 455 cm³/mol. The van der Waals surface area contributed by atoms with Gasteiger partial charge in [0.05, 0.1) is 11.0 Å². The van der Waals surface area contributed by atoms with Gasteiger partial charge in [-0.05, 0) is 266 Å². The third kappa shape index (κ3) is 7.11. The van der Waals surface area contributed by atoms with Crippen molar-refractivity contribution in [2.75, 3.05) is 0 Å². The Morgan fingerprint density at radius 2 is 0.575 bits per heavy atom. The molecule has 23 aromatic carbocycles. The Kier molecular flexibility index (Phi) is 11.0. The van der Waals surface area contributed by atoms with E-state index in [0.717, 1.165) is 5.69 Å². The van der Waals surface area contributed by atoms with Gasteiger partial charge in [0.1, 0.15) is 0 Å². The van der Waals surface area contributed by atoms with E-state index in [0.29, 0.717) is 0 Å². The molecule has 1 aliphatic carbocycles. The molecule has 0 radical (unpaired) electrons. The number of rotatable bonds is 6. The van der Waals surface area contributed by atoms with E-state index in [1.165, 1.54) is 251 Å². The molecule has 0 fully saturated rings. The Balaban J connectivity index is 0.735. The van der Waals surface area contributed by atoms with E-state index < -0.39 is 0 Å². The van der Waals surface area contributed by atoms with Crippen molar-refractivity contribution < 1.29 is 0 Å². The Labute approximate surface area is 609 Å². The van der Waals surface area contributed by atoms with Crippen LogP contribution in [0.5, 0.6) is 0 Å². The molecule has 1 aliphatic rings. The van der Waals surface area contributed by atoms with Crippen LogP contribution < -0.4 is 0 Å². The zero-order valence-electron chi connectivity index (χ0n) is 58.2. The lowest BCUT2D eigenvalue weighted by Crippen LogP contribution is -2.15.